The van der Waals surface area contributed by atoms with Crippen LogP contribution in [0.5, 0.6) is 0 Å². The molecule has 3 aromatic rings. The summed E-state index contributed by atoms with van der Waals surface area (Å²) in [5.74, 6) is -0.181. The van der Waals surface area contributed by atoms with E-state index in [1.54, 1.807) is 60.8 Å². The second-order valence-corrected chi connectivity index (χ2v) is 5.95. The molecular formula is C19H12BrNO3. The summed E-state index contributed by atoms with van der Waals surface area (Å²) in [6.07, 6.45) is 1.60. The van der Waals surface area contributed by atoms with Gasteiger partial charge in [-0.25, -0.2) is 0 Å². The maximum atomic E-state index is 12.3. The minimum Gasteiger partial charge on any atom is -0.329 e. The normalized spacial score (nSPS) is 11.9. The molecule has 24 heavy (non-hydrogen) atoms. The van der Waals surface area contributed by atoms with E-state index in [1.165, 1.54) is 6.07 Å². The summed E-state index contributed by atoms with van der Waals surface area (Å²) in [7, 11) is 0. The number of halogens is 1. The third kappa shape index (κ3) is 2.98. The summed E-state index contributed by atoms with van der Waals surface area (Å²) >= 11 is 3.33. The van der Waals surface area contributed by atoms with E-state index >= 15 is 0 Å². The fourth-order valence-corrected chi connectivity index (χ4v) is 3.03. The maximum Gasteiger partial charge on any atom is 0.247 e. The fourth-order valence-electron chi connectivity index (χ4n) is 2.48. The Morgan fingerprint density at radius 3 is 1.88 bits per heavy atom. The summed E-state index contributed by atoms with van der Waals surface area (Å²) in [6, 6.07) is 17.1. The zero-order valence-electron chi connectivity index (χ0n) is 12.5. The molecule has 1 aromatic heterocycles. The van der Waals surface area contributed by atoms with Gasteiger partial charge in [0.25, 0.3) is 0 Å². The molecule has 4 nitrogen and oxygen atoms in total. The number of aromatic nitrogens is 1. The van der Waals surface area contributed by atoms with Crippen LogP contribution in [0.4, 0.5) is 0 Å². The van der Waals surface area contributed by atoms with Crippen LogP contribution in [0, 0.1) is 0 Å². The molecule has 0 bridgehead atoms. The van der Waals surface area contributed by atoms with Gasteiger partial charge in [-0.3, -0.25) is 14.4 Å². The Morgan fingerprint density at radius 2 is 1.29 bits per heavy atom. The van der Waals surface area contributed by atoms with Crippen molar-refractivity contribution >= 4 is 27.5 Å². The molecule has 2 aromatic carbocycles. The van der Waals surface area contributed by atoms with Crippen LogP contribution in [0.15, 0.2) is 76.1 Å². The second kappa shape index (κ2) is 6.76. The van der Waals surface area contributed by atoms with E-state index in [1.807, 2.05) is 0 Å². The van der Waals surface area contributed by atoms with Gasteiger partial charge in [0, 0.05) is 39.0 Å². The van der Waals surface area contributed by atoms with E-state index in [4.69, 9.17) is 0 Å². The van der Waals surface area contributed by atoms with Crippen molar-refractivity contribution in [1.29, 1.82) is 0 Å². The largest absolute Gasteiger partial charge is 0.329 e. The number of H-pyrrole nitrogens is 1. The molecule has 1 N–H and O–H groups in total. The van der Waals surface area contributed by atoms with Crippen LogP contribution in [0.2, 0.25) is 0 Å². The molecule has 0 spiro atoms. The van der Waals surface area contributed by atoms with E-state index in [0.29, 0.717) is 26.7 Å². The van der Waals surface area contributed by atoms with Crippen LogP contribution in [0.3, 0.4) is 0 Å². The highest BCUT2D eigenvalue weighted by Gasteiger charge is 2.30. The van der Waals surface area contributed by atoms with Gasteiger partial charge in [0.1, 0.15) is 0 Å². The van der Waals surface area contributed by atoms with Crippen molar-refractivity contribution in [3.05, 3.63) is 104 Å². The lowest BCUT2D eigenvalue weighted by atomic mass is 9.84. The molecular weight excluding hydrogens is 370 g/mol. The van der Waals surface area contributed by atoms with Gasteiger partial charge in [-0.05, 0) is 12.1 Å². The molecule has 0 atom stereocenters. The average molecular weight is 382 g/mol. The molecule has 5 heteroatoms. The van der Waals surface area contributed by atoms with E-state index in [2.05, 4.69) is 20.9 Å². The average Bonchev–Trinajstić information content (AvgIpc) is 2.61. The summed E-state index contributed by atoms with van der Waals surface area (Å²) in [5, 5.41) is 0. The monoisotopic (exact) mass is 381 g/mol. The first-order chi connectivity index (χ1) is 11.6. The molecule has 0 saturated carbocycles. The Hall–Kier alpha value is -2.79. The van der Waals surface area contributed by atoms with Gasteiger partial charge in [-0.2, -0.15) is 0 Å². The van der Waals surface area contributed by atoms with E-state index in [0.717, 1.165) is 0 Å². The van der Waals surface area contributed by atoms with Gasteiger partial charge in [0.05, 0.1) is 0 Å². The number of benzene rings is 2. The number of fused-ring (bicyclic) bond motifs is 2. The molecule has 0 amide bonds. The molecule has 118 valence electrons. The molecule has 0 fully saturated rings. The minimum atomic E-state index is -0.0947. The number of nitrogens with one attached hydrogen (secondary N) is 1. The standard InChI is InChI=1S/C14H7BrO2.C5H5NO/c15-11-7-3-6-10-12(11)14(17)9-5-2-1-4-8(9)13(10)16;7-5-3-1-2-4-6-5/h1-7H;1-4H,(H,6,7). The third-order valence-electron chi connectivity index (χ3n) is 3.58. The zero-order valence-corrected chi connectivity index (χ0v) is 14.0. The van der Waals surface area contributed by atoms with Crippen molar-refractivity contribution in [2.75, 3.05) is 0 Å². The van der Waals surface area contributed by atoms with E-state index in [9.17, 15) is 14.4 Å². The molecule has 0 saturated heterocycles. The quantitative estimate of drug-likeness (QED) is 0.505. The first-order valence-corrected chi connectivity index (χ1v) is 7.99. The number of aromatic amines is 1. The summed E-state index contributed by atoms with van der Waals surface area (Å²) in [6.45, 7) is 0. The van der Waals surface area contributed by atoms with Gasteiger partial charge in [0.15, 0.2) is 11.6 Å². The first-order valence-electron chi connectivity index (χ1n) is 7.20. The van der Waals surface area contributed by atoms with Crippen LogP contribution < -0.4 is 5.56 Å². The summed E-state index contributed by atoms with van der Waals surface area (Å²) < 4.78 is 0.669. The van der Waals surface area contributed by atoms with Crippen molar-refractivity contribution in [2.45, 2.75) is 0 Å². The maximum absolute atomic E-state index is 12.3. The van der Waals surface area contributed by atoms with E-state index < -0.39 is 0 Å². The molecule has 1 heterocycles. The van der Waals surface area contributed by atoms with Gasteiger partial charge in [-0.1, -0.05) is 58.4 Å². The Morgan fingerprint density at radius 1 is 0.667 bits per heavy atom. The molecule has 0 aliphatic heterocycles. The number of carbonyl (C=O) groups is 2. The van der Waals surface area contributed by atoms with Crippen LogP contribution in [0.25, 0.3) is 0 Å². The molecule has 1 aliphatic carbocycles. The number of hydrogen-bond donors (Lipinski definition) is 1. The van der Waals surface area contributed by atoms with Crippen molar-refractivity contribution < 1.29 is 9.59 Å². The van der Waals surface area contributed by atoms with Crippen molar-refractivity contribution in [1.82, 2.24) is 4.98 Å². The highest BCUT2D eigenvalue weighted by molar-refractivity contribution is 9.10. The van der Waals surface area contributed by atoms with Gasteiger partial charge < -0.3 is 4.98 Å². The Balaban J connectivity index is 0.000000203. The Bertz CT molecular complexity index is 974. The summed E-state index contributed by atoms with van der Waals surface area (Å²) in [4.78, 5) is 37.2. The fraction of sp³-hybridized carbons (Fsp3) is 0. The molecule has 1 aliphatic rings. The molecule has 4 rings (SSSR count). The topological polar surface area (TPSA) is 67.0 Å². The highest BCUT2D eigenvalue weighted by Crippen LogP contribution is 2.31. The highest BCUT2D eigenvalue weighted by atomic mass is 79.9. The number of ketones is 2. The lowest BCUT2D eigenvalue weighted by Gasteiger charge is -2.17. The zero-order chi connectivity index (χ0) is 17.1. The number of rotatable bonds is 0. The second-order valence-electron chi connectivity index (χ2n) is 5.09. The van der Waals surface area contributed by atoms with Crippen LogP contribution in [-0.4, -0.2) is 16.6 Å². The minimum absolute atomic E-state index is 0.0532. The van der Waals surface area contributed by atoms with E-state index in [-0.39, 0.29) is 17.1 Å². The van der Waals surface area contributed by atoms with Crippen molar-refractivity contribution in [3.8, 4) is 0 Å². The Kier molecular flexibility index (Phi) is 4.53. The smallest absolute Gasteiger partial charge is 0.247 e. The van der Waals surface area contributed by atoms with Crippen molar-refractivity contribution in [2.24, 2.45) is 0 Å². The van der Waals surface area contributed by atoms with Crippen molar-refractivity contribution in [3.63, 3.8) is 0 Å². The summed E-state index contributed by atoms with van der Waals surface area (Å²) in [5.41, 5.74) is 1.86. The lowest BCUT2D eigenvalue weighted by Crippen LogP contribution is -2.21. The Labute approximate surface area is 146 Å². The van der Waals surface area contributed by atoms with Gasteiger partial charge in [-0.15, -0.1) is 0 Å². The predicted octanol–water partition coefficient (Wildman–Crippen LogP) is 3.60. The van der Waals surface area contributed by atoms with Crippen LogP contribution in [0.1, 0.15) is 31.8 Å². The van der Waals surface area contributed by atoms with Crippen LogP contribution in [-0.2, 0) is 0 Å². The predicted molar refractivity (Wildman–Crippen MR) is 94.5 cm³/mol. The number of carbonyl (C=O) groups excluding carboxylic acids is 2. The lowest BCUT2D eigenvalue weighted by molar-refractivity contribution is 0.0978. The third-order valence-corrected chi connectivity index (χ3v) is 4.24. The number of hydrogen-bond acceptors (Lipinski definition) is 3. The van der Waals surface area contributed by atoms with Crippen LogP contribution >= 0.6 is 15.9 Å². The number of pyridine rings is 1. The molecule has 0 unspecified atom stereocenters. The van der Waals surface area contributed by atoms with Gasteiger partial charge >= 0.3 is 0 Å². The first kappa shape index (κ1) is 16.1. The van der Waals surface area contributed by atoms with Gasteiger partial charge in [0.2, 0.25) is 5.56 Å². The SMILES string of the molecule is O=C1c2ccccc2C(=O)c2c(Br)cccc21.O=c1cccc[nH]1. The molecule has 0 radical (unpaired) electrons.